The number of carbonyl (C=O) groups excluding carboxylic acids is 3. The van der Waals surface area contributed by atoms with Gasteiger partial charge in [-0.25, -0.2) is 14.6 Å². The van der Waals surface area contributed by atoms with Gasteiger partial charge in [0.05, 0.1) is 29.3 Å². The van der Waals surface area contributed by atoms with Gasteiger partial charge in [-0.05, 0) is 38.1 Å². The molecule has 0 radical (unpaired) electrons. The average molecular weight is 396 g/mol. The summed E-state index contributed by atoms with van der Waals surface area (Å²) in [6.07, 6.45) is 0. The van der Waals surface area contributed by atoms with E-state index in [0.717, 1.165) is 0 Å². The van der Waals surface area contributed by atoms with Crippen LogP contribution in [0.2, 0.25) is 0 Å². The number of rotatable bonds is 5. The van der Waals surface area contributed by atoms with Crippen molar-refractivity contribution in [2.75, 3.05) is 19.0 Å². The van der Waals surface area contributed by atoms with Gasteiger partial charge in [0, 0.05) is 18.4 Å². The summed E-state index contributed by atoms with van der Waals surface area (Å²) in [5.74, 6) is -1.70. The van der Waals surface area contributed by atoms with Crippen LogP contribution in [0, 0.1) is 13.8 Å². The highest BCUT2D eigenvalue weighted by molar-refractivity contribution is 6.05. The fourth-order valence-corrected chi connectivity index (χ4v) is 2.98. The van der Waals surface area contributed by atoms with E-state index in [4.69, 9.17) is 4.74 Å². The maximum absolute atomic E-state index is 12.6. The summed E-state index contributed by atoms with van der Waals surface area (Å²) in [5, 5.41) is 7.46. The molecule has 0 fully saturated rings. The lowest BCUT2D eigenvalue weighted by molar-refractivity contribution is -0.119. The molecule has 0 spiro atoms. The highest BCUT2D eigenvalue weighted by Crippen LogP contribution is 2.22. The number of fused-ring (bicyclic) bond motifs is 1. The molecular weight excluding hydrogens is 376 g/mol. The summed E-state index contributed by atoms with van der Waals surface area (Å²) < 4.78 is 11.4. The topological polar surface area (TPSA) is 112 Å². The van der Waals surface area contributed by atoms with Gasteiger partial charge in [0.1, 0.15) is 0 Å². The van der Waals surface area contributed by atoms with E-state index in [9.17, 15) is 14.4 Å². The Morgan fingerprint density at radius 2 is 1.90 bits per heavy atom. The first-order valence-electron chi connectivity index (χ1n) is 8.76. The molecule has 0 aliphatic heterocycles. The van der Waals surface area contributed by atoms with Crippen LogP contribution in [0.15, 0.2) is 30.3 Å². The Balaban J connectivity index is 1.71. The fourth-order valence-electron chi connectivity index (χ4n) is 2.98. The summed E-state index contributed by atoms with van der Waals surface area (Å²) in [6, 6.07) is 7.86. The number of esters is 2. The number of amides is 1. The number of anilines is 1. The van der Waals surface area contributed by atoms with Crippen LogP contribution in [0.25, 0.3) is 11.0 Å². The second kappa shape index (κ2) is 8.09. The van der Waals surface area contributed by atoms with E-state index in [1.807, 2.05) is 0 Å². The normalized spacial score (nSPS) is 10.6. The summed E-state index contributed by atoms with van der Waals surface area (Å²) in [7, 11) is 3.02. The van der Waals surface area contributed by atoms with Gasteiger partial charge < -0.3 is 14.8 Å². The number of aromatic nitrogens is 3. The monoisotopic (exact) mass is 396 g/mol. The molecule has 3 rings (SSSR count). The van der Waals surface area contributed by atoms with Crippen LogP contribution in [0.4, 0.5) is 5.69 Å². The number of hydrogen-bond donors (Lipinski definition) is 1. The molecule has 1 aromatic carbocycles. The van der Waals surface area contributed by atoms with E-state index in [1.165, 1.54) is 13.2 Å². The molecular formula is C20H20N4O5. The third kappa shape index (κ3) is 4.23. The molecule has 29 heavy (non-hydrogen) atoms. The molecule has 0 unspecified atom stereocenters. The number of methoxy groups -OCH3 is 1. The first-order chi connectivity index (χ1) is 13.8. The first-order valence-corrected chi connectivity index (χ1v) is 8.76. The molecule has 0 saturated heterocycles. The van der Waals surface area contributed by atoms with Gasteiger partial charge in [-0.1, -0.05) is 6.07 Å². The zero-order chi connectivity index (χ0) is 21.1. The van der Waals surface area contributed by atoms with E-state index in [-0.39, 0.29) is 0 Å². The minimum absolute atomic E-state index is 0.295. The van der Waals surface area contributed by atoms with Crippen molar-refractivity contribution in [1.82, 2.24) is 14.8 Å². The van der Waals surface area contributed by atoms with E-state index in [0.29, 0.717) is 39.2 Å². The Kier molecular flexibility index (Phi) is 5.58. The van der Waals surface area contributed by atoms with Crippen molar-refractivity contribution in [2.45, 2.75) is 13.8 Å². The molecule has 0 atom stereocenters. The van der Waals surface area contributed by atoms with Crippen LogP contribution in [0.1, 0.15) is 32.1 Å². The fraction of sp³-hybridized carbons (Fsp3) is 0.250. The van der Waals surface area contributed by atoms with Gasteiger partial charge in [-0.2, -0.15) is 5.10 Å². The maximum atomic E-state index is 12.6. The molecule has 1 N–H and O–H groups in total. The second-order valence-electron chi connectivity index (χ2n) is 6.42. The lowest BCUT2D eigenvalue weighted by Gasteiger charge is -2.09. The molecule has 150 valence electrons. The number of ether oxygens (including phenoxy) is 2. The second-order valence-corrected chi connectivity index (χ2v) is 6.42. The standard InChI is InChI=1S/C20H20N4O5/c1-11-8-15(17-12(2)23-24(3)18(17)21-11)20(27)29-10-16(25)22-14-7-5-6-13(9-14)19(26)28-4/h5-9H,10H2,1-4H3,(H,22,25). The molecule has 9 heteroatoms. The van der Waals surface area contributed by atoms with Crippen LogP contribution in [-0.2, 0) is 21.3 Å². The van der Waals surface area contributed by atoms with Crippen molar-refractivity contribution in [1.29, 1.82) is 0 Å². The van der Waals surface area contributed by atoms with Gasteiger partial charge >= 0.3 is 11.9 Å². The van der Waals surface area contributed by atoms with Gasteiger partial charge in [0.25, 0.3) is 5.91 Å². The predicted octanol–water partition coefficient (Wildman–Crippen LogP) is 2.17. The quantitative estimate of drug-likeness (QED) is 0.658. The Labute approximate surface area is 166 Å². The lowest BCUT2D eigenvalue weighted by atomic mass is 10.1. The summed E-state index contributed by atoms with van der Waals surface area (Å²) in [6.45, 7) is 3.06. The predicted molar refractivity (Wildman–Crippen MR) is 105 cm³/mol. The van der Waals surface area contributed by atoms with Gasteiger partial charge in [0.15, 0.2) is 12.3 Å². The molecule has 3 aromatic rings. The largest absolute Gasteiger partial charge is 0.465 e. The van der Waals surface area contributed by atoms with Gasteiger partial charge in [0.2, 0.25) is 0 Å². The zero-order valence-corrected chi connectivity index (χ0v) is 16.5. The smallest absolute Gasteiger partial charge is 0.339 e. The molecule has 0 saturated carbocycles. The third-order valence-electron chi connectivity index (χ3n) is 4.22. The molecule has 1 amide bonds. The third-order valence-corrected chi connectivity index (χ3v) is 4.22. The Bertz CT molecular complexity index is 1120. The molecule has 2 aromatic heterocycles. The molecule has 0 aliphatic carbocycles. The Morgan fingerprint density at radius 1 is 1.14 bits per heavy atom. The molecule has 2 heterocycles. The SMILES string of the molecule is COC(=O)c1cccc(NC(=O)COC(=O)c2cc(C)nc3c2c(C)nn3C)c1. The number of benzene rings is 1. The number of hydrogen-bond acceptors (Lipinski definition) is 7. The van der Waals surface area contributed by atoms with Gasteiger partial charge in [-0.15, -0.1) is 0 Å². The first kappa shape index (κ1) is 20.0. The number of nitrogens with zero attached hydrogens (tertiary/aromatic N) is 3. The number of nitrogens with one attached hydrogen (secondary N) is 1. The van der Waals surface area contributed by atoms with E-state index in [1.54, 1.807) is 49.8 Å². The minimum atomic E-state index is -0.643. The van der Waals surface area contributed by atoms with Crippen molar-refractivity contribution in [2.24, 2.45) is 7.05 Å². The average Bonchev–Trinajstić information content (AvgIpc) is 2.98. The summed E-state index contributed by atoms with van der Waals surface area (Å²) >= 11 is 0. The van der Waals surface area contributed by atoms with Crippen LogP contribution < -0.4 is 5.32 Å². The maximum Gasteiger partial charge on any atom is 0.339 e. The van der Waals surface area contributed by atoms with E-state index >= 15 is 0 Å². The highest BCUT2D eigenvalue weighted by atomic mass is 16.5. The van der Waals surface area contributed by atoms with Crippen LogP contribution in [0.5, 0.6) is 0 Å². The minimum Gasteiger partial charge on any atom is -0.465 e. The summed E-state index contributed by atoms with van der Waals surface area (Å²) in [5.41, 5.74) is 2.84. The Morgan fingerprint density at radius 3 is 2.62 bits per heavy atom. The van der Waals surface area contributed by atoms with Crippen LogP contribution >= 0.6 is 0 Å². The zero-order valence-electron chi connectivity index (χ0n) is 16.5. The van der Waals surface area contributed by atoms with Crippen molar-refractivity contribution >= 4 is 34.6 Å². The van der Waals surface area contributed by atoms with E-state index in [2.05, 4.69) is 20.1 Å². The van der Waals surface area contributed by atoms with E-state index < -0.39 is 24.5 Å². The van der Waals surface area contributed by atoms with Gasteiger partial charge in [-0.3, -0.25) is 9.48 Å². The van der Waals surface area contributed by atoms with Crippen LogP contribution in [0.3, 0.4) is 0 Å². The van der Waals surface area contributed by atoms with Crippen molar-refractivity contribution in [3.05, 3.63) is 52.8 Å². The van der Waals surface area contributed by atoms with Crippen LogP contribution in [-0.4, -0.2) is 46.3 Å². The number of pyridine rings is 1. The molecule has 0 bridgehead atoms. The molecule has 9 nitrogen and oxygen atoms in total. The summed E-state index contributed by atoms with van der Waals surface area (Å²) in [4.78, 5) is 40.7. The lowest BCUT2D eigenvalue weighted by Crippen LogP contribution is -2.21. The number of aryl methyl sites for hydroxylation is 3. The Hall–Kier alpha value is -3.75. The highest BCUT2D eigenvalue weighted by Gasteiger charge is 2.19. The van der Waals surface area contributed by atoms with Crippen molar-refractivity contribution in [3.8, 4) is 0 Å². The van der Waals surface area contributed by atoms with Crippen molar-refractivity contribution < 1.29 is 23.9 Å². The number of carbonyl (C=O) groups is 3. The van der Waals surface area contributed by atoms with Crippen molar-refractivity contribution in [3.63, 3.8) is 0 Å². The molecule has 0 aliphatic rings.